The van der Waals surface area contributed by atoms with Crippen molar-refractivity contribution in [2.45, 2.75) is 26.3 Å². The molecule has 20 heavy (non-hydrogen) atoms. The highest BCUT2D eigenvalue weighted by molar-refractivity contribution is 5.79. The van der Waals surface area contributed by atoms with E-state index in [4.69, 9.17) is 10.2 Å². The van der Waals surface area contributed by atoms with E-state index in [0.717, 1.165) is 40.1 Å². The van der Waals surface area contributed by atoms with Crippen LogP contribution < -0.4 is 5.73 Å². The molecule has 0 aliphatic heterocycles. The number of pyridine rings is 1. The van der Waals surface area contributed by atoms with Crippen LogP contribution in [0.15, 0.2) is 46.9 Å². The summed E-state index contributed by atoms with van der Waals surface area (Å²) in [5.41, 5.74) is 9.35. The van der Waals surface area contributed by atoms with Crippen LogP contribution in [0.25, 0.3) is 10.9 Å². The van der Waals surface area contributed by atoms with E-state index < -0.39 is 0 Å². The Kier molecular flexibility index (Phi) is 3.28. The minimum absolute atomic E-state index is 0.235. The van der Waals surface area contributed by atoms with Crippen LogP contribution in [0.1, 0.15) is 35.7 Å². The highest BCUT2D eigenvalue weighted by atomic mass is 16.3. The van der Waals surface area contributed by atoms with E-state index in [2.05, 4.69) is 24.0 Å². The Labute approximate surface area is 118 Å². The highest BCUT2D eigenvalue weighted by Crippen LogP contribution is 2.25. The van der Waals surface area contributed by atoms with Gasteiger partial charge in [0.15, 0.2) is 0 Å². The molecule has 1 unspecified atom stereocenters. The van der Waals surface area contributed by atoms with Gasteiger partial charge >= 0.3 is 0 Å². The van der Waals surface area contributed by atoms with Gasteiger partial charge in [-0.2, -0.15) is 0 Å². The minimum atomic E-state index is -0.235. The Morgan fingerprint density at radius 2 is 2.00 bits per heavy atom. The summed E-state index contributed by atoms with van der Waals surface area (Å²) >= 11 is 0. The maximum Gasteiger partial charge on any atom is 0.125 e. The second kappa shape index (κ2) is 5.10. The number of furan rings is 1. The average molecular weight is 266 g/mol. The third-order valence-corrected chi connectivity index (χ3v) is 3.55. The largest absolute Gasteiger partial charge is 0.464 e. The molecule has 0 fully saturated rings. The molecule has 0 amide bonds. The number of aromatic nitrogens is 1. The zero-order chi connectivity index (χ0) is 14.1. The first kappa shape index (κ1) is 12.9. The monoisotopic (exact) mass is 266 g/mol. The molecule has 2 aromatic heterocycles. The smallest absolute Gasteiger partial charge is 0.125 e. The van der Waals surface area contributed by atoms with Crippen molar-refractivity contribution < 1.29 is 4.42 Å². The van der Waals surface area contributed by atoms with Crippen molar-refractivity contribution >= 4 is 10.9 Å². The molecule has 102 valence electrons. The van der Waals surface area contributed by atoms with Crippen molar-refractivity contribution in [1.29, 1.82) is 0 Å². The Bertz CT molecular complexity index is 746. The van der Waals surface area contributed by atoms with Gasteiger partial charge in [0.05, 0.1) is 11.6 Å². The summed E-state index contributed by atoms with van der Waals surface area (Å²) < 4.78 is 5.74. The molecular formula is C17H18N2O. The maximum atomic E-state index is 6.29. The molecule has 2 N–H and O–H groups in total. The van der Waals surface area contributed by atoms with Crippen LogP contribution in [0.3, 0.4) is 0 Å². The van der Waals surface area contributed by atoms with Crippen LogP contribution in [0.5, 0.6) is 0 Å². The number of hydrogen-bond acceptors (Lipinski definition) is 3. The van der Waals surface area contributed by atoms with E-state index >= 15 is 0 Å². The van der Waals surface area contributed by atoms with Crippen LogP contribution in [0.4, 0.5) is 0 Å². The summed E-state index contributed by atoms with van der Waals surface area (Å²) in [5, 5.41) is 1.10. The van der Waals surface area contributed by atoms with Gasteiger partial charge in [0.2, 0.25) is 0 Å². The lowest BCUT2D eigenvalue weighted by molar-refractivity contribution is 0.454. The Hall–Kier alpha value is -2.13. The second-order valence-corrected chi connectivity index (χ2v) is 5.04. The summed E-state index contributed by atoms with van der Waals surface area (Å²) in [5.74, 6) is 1.77. The fourth-order valence-corrected chi connectivity index (χ4v) is 2.36. The van der Waals surface area contributed by atoms with Crippen LogP contribution in [0, 0.1) is 6.92 Å². The molecule has 0 spiro atoms. The van der Waals surface area contributed by atoms with Gasteiger partial charge in [-0.1, -0.05) is 19.1 Å². The first-order valence-electron chi connectivity index (χ1n) is 6.89. The fourth-order valence-electron chi connectivity index (χ4n) is 2.36. The third kappa shape index (κ3) is 2.32. The minimum Gasteiger partial charge on any atom is -0.464 e. The van der Waals surface area contributed by atoms with Crippen LogP contribution in [-0.2, 0) is 6.42 Å². The number of benzene rings is 1. The lowest BCUT2D eigenvalue weighted by Crippen LogP contribution is -2.10. The van der Waals surface area contributed by atoms with E-state index in [1.807, 2.05) is 37.3 Å². The zero-order valence-corrected chi connectivity index (χ0v) is 11.8. The van der Waals surface area contributed by atoms with Gasteiger partial charge in [0, 0.05) is 17.5 Å². The van der Waals surface area contributed by atoms with Crippen molar-refractivity contribution in [3.8, 4) is 0 Å². The van der Waals surface area contributed by atoms with Crippen LogP contribution in [0.2, 0.25) is 0 Å². The quantitative estimate of drug-likeness (QED) is 0.785. The number of nitrogens with zero attached hydrogens (tertiary/aromatic N) is 1. The van der Waals surface area contributed by atoms with Crippen molar-refractivity contribution in [1.82, 2.24) is 4.98 Å². The van der Waals surface area contributed by atoms with E-state index in [1.165, 1.54) is 0 Å². The molecule has 3 rings (SSSR count). The molecule has 3 nitrogen and oxygen atoms in total. The van der Waals surface area contributed by atoms with Crippen molar-refractivity contribution in [3.05, 3.63) is 65.2 Å². The number of rotatable bonds is 3. The number of nitrogens with two attached hydrogens (primary N) is 1. The van der Waals surface area contributed by atoms with Crippen LogP contribution in [-0.4, -0.2) is 4.98 Å². The fraction of sp³-hybridized carbons (Fsp3) is 0.235. The molecule has 3 heteroatoms. The molecule has 1 aromatic carbocycles. The van der Waals surface area contributed by atoms with E-state index in [1.54, 1.807) is 0 Å². The van der Waals surface area contributed by atoms with Gasteiger partial charge < -0.3 is 10.2 Å². The summed E-state index contributed by atoms with van der Waals surface area (Å²) in [6.45, 7) is 4.06. The molecule has 0 radical (unpaired) electrons. The Morgan fingerprint density at radius 1 is 1.15 bits per heavy atom. The lowest BCUT2D eigenvalue weighted by Gasteiger charge is -2.10. The maximum absolute atomic E-state index is 6.29. The average Bonchev–Trinajstić information content (AvgIpc) is 2.95. The van der Waals surface area contributed by atoms with E-state index in [0.29, 0.717) is 0 Å². The molecule has 1 atom stereocenters. The molecule has 0 aliphatic rings. The van der Waals surface area contributed by atoms with E-state index in [9.17, 15) is 0 Å². The van der Waals surface area contributed by atoms with Gasteiger partial charge in [0.1, 0.15) is 11.5 Å². The molecule has 0 aliphatic carbocycles. The standard InChI is InChI=1S/C17H18N2O/c1-3-14-7-9-16(20-14)17(18)13-6-8-15-12(10-13)5-4-11(2)19-15/h4-10,17H,3,18H2,1-2H3. The summed E-state index contributed by atoms with van der Waals surface area (Å²) in [6, 6.07) is 13.9. The molecule has 0 saturated carbocycles. The first-order chi connectivity index (χ1) is 9.67. The van der Waals surface area contributed by atoms with Gasteiger partial charge in [-0.25, -0.2) is 0 Å². The van der Waals surface area contributed by atoms with E-state index in [-0.39, 0.29) is 6.04 Å². The molecule has 0 bridgehead atoms. The SMILES string of the molecule is CCc1ccc(C(N)c2ccc3nc(C)ccc3c2)o1. The lowest BCUT2D eigenvalue weighted by atomic mass is 10.0. The number of fused-ring (bicyclic) bond motifs is 1. The van der Waals surface area contributed by atoms with Crippen LogP contribution >= 0.6 is 0 Å². The topological polar surface area (TPSA) is 52.0 Å². The highest BCUT2D eigenvalue weighted by Gasteiger charge is 2.13. The molecule has 3 aromatic rings. The molecule has 0 saturated heterocycles. The summed E-state index contributed by atoms with van der Waals surface area (Å²) in [7, 11) is 0. The normalized spacial score (nSPS) is 12.8. The Morgan fingerprint density at radius 3 is 2.75 bits per heavy atom. The van der Waals surface area contributed by atoms with Crippen molar-refractivity contribution in [3.63, 3.8) is 0 Å². The number of hydrogen-bond donors (Lipinski definition) is 1. The number of aryl methyl sites for hydroxylation is 2. The Balaban J connectivity index is 1.98. The van der Waals surface area contributed by atoms with Crippen molar-refractivity contribution in [2.24, 2.45) is 5.73 Å². The molecule has 2 heterocycles. The van der Waals surface area contributed by atoms with Gasteiger partial charge in [-0.15, -0.1) is 0 Å². The zero-order valence-electron chi connectivity index (χ0n) is 11.8. The van der Waals surface area contributed by atoms with Gasteiger partial charge in [-0.05, 0) is 42.8 Å². The molecular weight excluding hydrogens is 248 g/mol. The predicted octanol–water partition coefficient (Wildman–Crippen LogP) is 3.75. The van der Waals surface area contributed by atoms with Gasteiger partial charge in [0.25, 0.3) is 0 Å². The third-order valence-electron chi connectivity index (χ3n) is 3.55. The summed E-state index contributed by atoms with van der Waals surface area (Å²) in [6.07, 6.45) is 0.883. The first-order valence-corrected chi connectivity index (χ1v) is 6.89. The van der Waals surface area contributed by atoms with Crippen molar-refractivity contribution in [2.75, 3.05) is 0 Å². The predicted molar refractivity (Wildman–Crippen MR) is 80.6 cm³/mol. The second-order valence-electron chi connectivity index (χ2n) is 5.04. The van der Waals surface area contributed by atoms with Gasteiger partial charge in [-0.3, -0.25) is 4.98 Å². The summed E-state index contributed by atoms with van der Waals surface area (Å²) in [4.78, 5) is 4.50.